The van der Waals surface area contributed by atoms with Gasteiger partial charge in [-0.3, -0.25) is 0 Å². The van der Waals surface area contributed by atoms with Crippen molar-refractivity contribution < 1.29 is 9.47 Å². The van der Waals surface area contributed by atoms with Crippen molar-refractivity contribution in [2.75, 3.05) is 0 Å². The van der Waals surface area contributed by atoms with Crippen molar-refractivity contribution in [2.24, 2.45) is 0 Å². The lowest BCUT2D eigenvalue weighted by molar-refractivity contribution is 0.0727. The number of fused-ring (bicyclic) bond motifs is 4. The number of benzene rings is 1. The van der Waals surface area contributed by atoms with Crippen LogP contribution in [0.4, 0.5) is 0 Å². The molecule has 0 radical (unpaired) electrons. The quantitative estimate of drug-likeness (QED) is 0.688. The summed E-state index contributed by atoms with van der Waals surface area (Å²) in [7, 11) is 0. The Balaban J connectivity index is 1.97. The molecule has 100 valence electrons. The van der Waals surface area contributed by atoms with Gasteiger partial charge in [0, 0.05) is 10.9 Å². The number of rotatable bonds is 0. The normalized spacial score (nSPS) is 25.3. The molecule has 0 spiro atoms. The van der Waals surface area contributed by atoms with Gasteiger partial charge in [-0.15, -0.1) is 0 Å². The Morgan fingerprint density at radius 1 is 1.30 bits per heavy atom. The Morgan fingerprint density at radius 3 is 2.85 bits per heavy atom. The van der Waals surface area contributed by atoms with E-state index in [2.05, 4.69) is 24.9 Å². The topological polar surface area (TPSA) is 58.4 Å². The molecular formula is C16H14N2O2. The van der Waals surface area contributed by atoms with E-state index in [-0.39, 0.29) is 17.8 Å². The maximum Gasteiger partial charge on any atom is 0.141 e. The van der Waals surface area contributed by atoms with Crippen molar-refractivity contribution in [1.29, 1.82) is 5.26 Å². The summed E-state index contributed by atoms with van der Waals surface area (Å²) in [6.45, 7) is 6.09. The molecule has 1 saturated heterocycles. The molecule has 4 heteroatoms. The molecule has 0 N–H and O–H groups in total. The lowest BCUT2D eigenvalue weighted by Gasteiger charge is -2.29. The van der Waals surface area contributed by atoms with Gasteiger partial charge in [0.1, 0.15) is 35.3 Å². The molecule has 0 unspecified atom stereocenters. The van der Waals surface area contributed by atoms with Crippen molar-refractivity contribution >= 4 is 10.9 Å². The summed E-state index contributed by atoms with van der Waals surface area (Å²) in [6.07, 6.45) is 0.221. The molecule has 2 aromatic rings. The van der Waals surface area contributed by atoms with Crippen LogP contribution in [0.1, 0.15) is 36.8 Å². The van der Waals surface area contributed by atoms with Gasteiger partial charge >= 0.3 is 0 Å². The molecular weight excluding hydrogens is 252 g/mol. The van der Waals surface area contributed by atoms with Gasteiger partial charge in [-0.05, 0) is 44.5 Å². The Kier molecular flexibility index (Phi) is 2.04. The lowest BCUT2D eigenvalue weighted by Crippen LogP contribution is -2.37. The number of hydrogen-bond donors (Lipinski definition) is 0. The van der Waals surface area contributed by atoms with Crippen LogP contribution >= 0.6 is 0 Å². The SMILES string of the molecule is Cc1cc(C#N)nc2cc3c(cc12)OC(C)(C)[C@@H]1O[C@H]31. The third kappa shape index (κ3) is 1.47. The molecule has 2 aliphatic rings. The number of hydrogen-bond acceptors (Lipinski definition) is 4. The Labute approximate surface area is 116 Å². The minimum absolute atomic E-state index is 0.103. The highest BCUT2D eigenvalue weighted by atomic mass is 16.6. The van der Waals surface area contributed by atoms with E-state index in [1.54, 1.807) is 6.07 Å². The van der Waals surface area contributed by atoms with Gasteiger partial charge in [0.05, 0.1) is 5.52 Å². The number of nitrogens with zero attached hydrogens (tertiary/aromatic N) is 2. The maximum absolute atomic E-state index is 9.03. The summed E-state index contributed by atoms with van der Waals surface area (Å²) in [5.41, 5.74) is 3.07. The van der Waals surface area contributed by atoms with Crippen LogP contribution in [0.5, 0.6) is 5.75 Å². The highest BCUT2D eigenvalue weighted by Gasteiger charge is 2.56. The smallest absolute Gasteiger partial charge is 0.141 e. The van der Waals surface area contributed by atoms with E-state index >= 15 is 0 Å². The van der Waals surface area contributed by atoms with Gasteiger partial charge in [0.15, 0.2) is 0 Å². The molecule has 0 amide bonds. The van der Waals surface area contributed by atoms with E-state index in [9.17, 15) is 0 Å². The first-order chi connectivity index (χ1) is 9.49. The number of epoxide rings is 1. The van der Waals surface area contributed by atoms with Crippen molar-refractivity contribution in [2.45, 2.75) is 38.6 Å². The molecule has 0 saturated carbocycles. The predicted molar refractivity (Wildman–Crippen MR) is 73.5 cm³/mol. The van der Waals surface area contributed by atoms with Gasteiger partial charge in [0.25, 0.3) is 0 Å². The third-order valence-corrected chi connectivity index (χ3v) is 4.12. The summed E-state index contributed by atoms with van der Waals surface area (Å²) in [5.74, 6) is 0.871. The second-order valence-electron chi connectivity index (χ2n) is 6.03. The Hall–Kier alpha value is -2.12. The van der Waals surface area contributed by atoms with Crippen LogP contribution < -0.4 is 4.74 Å². The van der Waals surface area contributed by atoms with E-state index in [0.717, 1.165) is 27.8 Å². The zero-order chi connectivity index (χ0) is 14.1. The highest BCUT2D eigenvalue weighted by Crippen LogP contribution is 2.54. The molecule has 4 nitrogen and oxygen atoms in total. The highest BCUT2D eigenvalue weighted by molar-refractivity contribution is 5.85. The van der Waals surface area contributed by atoms with E-state index in [4.69, 9.17) is 14.7 Å². The van der Waals surface area contributed by atoms with Gasteiger partial charge in [-0.2, -0.15) is 5.26 Å². The minimum atomic E-state index is -0.292. The van der Waals surface area contributed by atoms with E-state index in [1.807, 2.05) is 19.1 Å². The number of aromatic nitrogens is 1. The molecule has 20 heavy (non-hydrogen) atoms. The van der Waals surface area contributed by atoms with Crippen LogP contribution in [-0.4, -0.2) is 16.7 Å². The molecule has 1 aromatic carbocycles. The number of pyridine rings is 1. The molecule has 0 aliphatic carbocycles. The van der Waals surface area contributed by atoms with Crippen LogP contribution in [0.15, 0.2) is 18.2 Å². The average molecular weight is 266 g/mol. The average Bonchev–Trinajstić information content (AvgIpc) is 3.18. The van der Waals surface area contributed by atoms with E-state index in [1.165, 1.54) is 0 Å². The molecule has 0 bridgehead atoms. The molecule has 4 rings (SSSR count). The molecule has 1 fully saturated rings. The predicted octanol–water partition coefficient (Wildman–Crippen LogP) is 3.03. The van der Waals surface area contributed by atoms with E-state index in [0.29, 0.717) is 5.69 Å². The fourth-order valence-corrected chi connectivity index (χ4v) is 3.02. The summed E-state index contributed by atoms with van der Waals surface area (Å²) in [6, 6.07) is 7.93. The summed E-state index contributed by atoms with van der Waals surface area (Å²) in [5, 5.41) is 10.1. The Bertz CT molecular complexity index is 789. The fraction of sp³-hybridized carbons (Fsp3) is 0.375. The zero-order valence-corrected chi connectivity index (χ0v) is 11.6. The van der Waals surface area contributed by atoms with Crippen LogP contribution in [0.25, 0.3) is 10.9 Å². The van der Waals surface area contributed by atoms with Crippen LogP contribution in [-0.2, 0) is 4.74 Å². The molecule has 2 aliphatic heterocycles. The van der Waals surface area contributed by atoms with Crippen molar-refractivity contribution in [3.05, 3.63) is 35.0 Å². The standard InChI is InChI=1S/C16H14N2O2/c1-8-4-9(7-17)18-12-5-11-13(6-10(8)12)20-16(2,3)15-14(11)19-15/h4-6,14-15H,1-3H3/t14-,15-/m1/s1. The van der Waals surface area contributed by atoms with Gasteiger partial charge in [0.2, 0.25) is 0 Å². The lowest BCUT2D eigenvalue weighted by atomic mass is 9.93. The van der Waals surface area contributed by atoms with Crippen LogP contribution in [0.3, 0.4) is 0 Å². The second-order valence-corrected chi connectivity index (χ2v) is 6.03. The summed E-state index contributed by atoms with van der Waals surface area (Å²) in [4.78, 5) is 4.38. The molecule has 2 atom stereocenters. The van der Waals surface area contributed by atoms with Gasteiger partial charge in [-0.25, -0.2) is 4.98 Å². The third-order valence-electron chi connectivity index (χ3n) is 4.12. The summed E-state index contributed by atoms with van der Waals surface area (Å²) < 4.78 is 11.8. The van der Waals surface area contributed by atoms with Gasteiger partial charge < -0.3 is 9.47 Å². The van der Waals surface area contributed by atoms with Crippen LogP contribution in [0, 0.1) is 18.3 Å². The fourth-order valence-electron chi connectivity index (χ4n) is 3.02. The number of nitriles is 1. The van der Waals surface area contributed by atoms with Crippen molar-refractivity contribution in [3.8, 4) is 11.8 Å². The van der Waals surface area contributed by atoms with Crippen molar-refractivity contribution in [1.82, 2.24) is 4.98 Å². The first kappa shape index (κ1) is 11.7. The first-order valence-electron chi connectivity index (χ1n) is 6.69. The zero-order valence-electron chi connectivity index (χ0n) is 11.6. The second kappa shape index (κ2) is 3.50. The van der Waals surface area contributed by atoms with Crippen molar-refractivity contribution in [3.63, 3.8) is 0 Å². The van der Waals surface area contributed by atoms with Crippen LogP contribution in [0.2, 0.25) is 0 Å². The molecule has 3 heterocycles. The largest absolute Gasteiger partial charge is 0.485 e. The van der Waals surface area contributed by atoms with E-state index < -0.39 is 0 Å². The number of ether oxygens (including phenoxy) is 2. The monoisotopic (exact) mass is 266 g/mol. The number of aryl methyl sites for hydroxylation is 1. The first-order valence-corrected chi connectivity index (χ1v) is 6.69. The molecule has 1 aromatic heterocycles. The summed E-state index contributed by atoms with van der Waals surface area (Å²) >= 11 is 0. The minimum Gasteiger partial charge on any atom is -0.485 e. The van der Waals surface area contributed by atoms with Gasteiger partial charge in [-0.1, -0.05) is 0 Å². The Morgan fingerprint density at radius 2 is 2.10 bits per heavy atom. The maximum atomic E-state index is 9.03.